The zero-order valence-electron chi connectivity index (χ0n) is 11.8. The fourth-order valence-electron chi connectivity index (χ4n) is 3.15. The van der Waals surface area contributed by atoms with E-state index in [-0.39, 0.29) is 6.10 Å². The lowest BCUT2D eigenvalue weighted by Crippen LogP contribution is -2.19. The molecule has 0 bridgehead atoms. The van der Waals surface area contributed by atoms with E-state index in [0.29, 0.717) is 0 Å². The highest BCUT2D eigenvalue weighted by atomic mass is 16.3. The Morgan fingerprint density at radius 2 is 1.35 bits per heavy atom. The summed E-state index contributed by atoms with van der Waals surface area (Å²) < 4.78 is 0. The molecular weight excluding hydrogens is 244 g/mol. The van der Waals surface area contributed by atoms with Crippen molar-refractivity contribution < 1.29 is 5.11 Å². The van der Waals surface area contributed by atoms with E-state index in [1.54, 1.807) is 0 Å². The van der Waals surface area contributed by atoms with E-state index in [9.17, 15) is 5.11 Å². The predicted molar refractivity (Wildman–Crippen MR) is 83.5 cm³/mol. The minimum atomic E-state index is -0.0493. The quantitative estimate of drug-likeness (QED) is 0.870. The van der Waals surface area contributed by atoms with Gasteiger partial charge in [-0.15, -0.1) is 0 Å². The molecule has 1 aliphatic rings. The summed E-state index contributed by atoms with van der Waals surface area (Å²) in [4.78, 5) is 0. The molecule has 0 spiro atoms. The van der Waals surface area contributed by atoms with Crippen LogP contribution in [-0.4, -0.2) is 11.2 Å². The molecule has 1 aliphatic carbocycles. The van der Waals surface area contributed by atoms with Crippen molar-refractivity contribution in [3.05, 3.63) is 60.2 Å². The van der Waals surface area contributed by atoms with E-state index in [4.69, 9.17) is 0 Å². The summed E-state index contributed by atoms with van der Waals surface area (Å²) in [6, 6.07) is 19.5. The zero-order chi connectivity index (χ0) is 13.8. The van der Waals surface area contributed by atoms with E-state index in [1.807, 2.05) is 0 Å². The van der Waals surface area contributed by atoms with Crippen LogP contribution in [0.4, 0.5) is 0 Å². The Kier molecular flexibility index (Phi) is 4.17. The van der Waals surface area contributed by atoms with Crippen LogP contribution in [0, 0.1) is 5.92 Å². The second kappa shape index (κ2) is 6.23. The normalized spacial score (nSPS) is 22.6. The third-order valence-electron chi connectivity index (χ3n) is 4.40. The molecule has 20 heavy (non-hydrogen) atoms. The molecule has 0 heterocycles. The molecule has 0 saturated heterocycles. The second-order valence-electron chi connectivity index (χ2n) is 5.94. The highest BCUT2D eigenvalue weighted by Gasteiger charge is 2.19. The smallest absolute Gasteiger partial charge is 0.0540 e. The van der Waals surface area contributed by atoms with Gasteiger partial charge in [0.15, 0.2) is 0 Å². The molecule has 1 saturated carbocycles. The summed E-state index contributed by atoms with van der Waals surface area (Å²) in [5, 5.41) is 9.56. The van der Waals surface area contributed by atoms with Gasteiger partial charge in [-0.1, -0.05) is 54.6 Å². The van der Waals surface area contributed by atoms with Crippen LogP contribution in [0.25, 0.3) is 11.1 Å². The van der Waals surface area contributed by atoms with Crippen LogP contribution < -0.4 is 0 Å². The summed E-state index contributed by atoms with van der Waals surface area (Å²) in [5.74, 6) is 0.751. The van der Waals surface area contributed by atoms with Crippen molar-refractivity contribution in [3.8, 4) is 11.1 Å². The Bertz CT molecular complexity index is 521. The first-order valence-corrected chi connectivity index (χ1v) is 7.64. The summed E-state index contributed by atoms with van der Waals surface area (Å²) in [6.07, 6.45) is 5.40. The van der Waals surface area contributed by atoms with Gasteiger partial charge in [0, 0.05) is 0 Å². The van der Waals surface area contributed by atoms with Crippen LogP contribution in [0.5, 0.6) is 0 Å². The summed E-state index contributed by atoms with van der Waals surface area (Å²) in [5.41, 5.74) is 3.99. The van der Waals surface area contributed by atoms with Gasteiger partial charge in [-0.05, 0) is 54.7 Å². The van der Waals surface area contributed by atoms with Crippen molar-refractivity contribution in [1.29, 1.82) is 0 Å². The molecule has 2 aromatic carbocycles. The maximum Gasteiger partial charge on any atom is 0.0540 e. The lowest BCUT2D eigenvalue weighted by Gasteiger charge is -2.25. The third kappa shape index (κ3) is 3.29. The summed E-state index contributed by atoms with van der Waals surface area (Å²) >= 11 is 0. The Hall–Kier alpha value is -1.60. The molecule has 0 aromatic heterocycles. The Labute approximate surface area is 121 Å². The van der Waals surface area contributed by atoms with Gasteiger partial charge >= 0.3 is 0 Å². The van der Waals surface area contributed by atoms with Gasteiger partial charge in [0.2, 0.25) is 0 Å². The van der Waals surface area contributed by atoms with E-state index in [1.165, 1.54) is 29.5 Å². The minimum Gasteiger partial charge on any atom is -0.393 e. The van der Waals surface area contributed by atoms with E-state index >= 15 is 0 Å². The summed E-state index contributed by atoms with van der Waals surface area (Å²) in [6.45, 7) is 0. The molecule has 0 aliphatic heterocycles. The van der Waals surface area contributed by atoms with Crippen LogP contribution in [0.15, 0.2) is 54.6 Å². The van der Waals surface area contributed by atoms with Crippen LogP contribution in [0.3, 0.4) is 0 Å². The standard InChI is InChI=1S/C19H22O/c20-19-12-8-16(9-13-19)14-15-6-10-18(11-7-15)17-4-2-1-3-5-17/h1-7,10-11,16,19-20H,8-9,12-14H2. The zero-order valence-corrected chi connectivity index (χ0v) is 11.8. The van der Waals surface area contributed by atoms with Gasteiger partial charge in [-0.2, -0.15) is 0 Å². The van der Waals surface area contributed by atoms with Crippen molar-refractivity contribution in [2.24, 2.45) is 5.92 Å². The predicted octanol–water partition coefficient (Wildman–Crippen LogP) is 4.45. The van der Waals surface area contributed by atoms with Crippen molar-refractivity contribution in [2.75, 3.05) is 0 Å². The SMILES string of the molecule is OC1CCC(Cc2ccc(-c3ccccc3)cc2)CC1. The van der Waals surface area contributed by atoms with Crippen LogP contribution in [-0.2, 0) is 6.42 Å². The number of hydrogen-bond acceptors (Lipinski definition) is 1. The van der Waals surface area contributed by atoms with Gasteiger partial charge in [-0.25, -0.2) is 0 Å². The fourth-order valence-corrected chi connectivity index (χ4v) is 3.15. The Morgan fingerprint density at radius 1 is 0.750 bits per heavy atom. The van der Waals surface area contributed by atoms with Crippen LogP contribution >= 0.6 is 0 Å². The summed E-state index contributed by atoms with van der Waals surface area (Å²) in [7, 11) is 0. The Morgan fingerprint density at radius 3 is 2.00 bits per heavy atom. The number of hydrogen-bond donors (Lipinski definition) is 1. The van der Waals surface area contributed by atoms with Gasteiger partial charge in [-0.3, -0.25) is 0 Å². The second-order valence-corrected chi connectivity index (χ2v) is 5.94. The fraction of sp³-hybridized carbons (Fsp3) is 0.368. The first kappa shape index (κ1) is 13.4. The number of benzene rings is 2. The molecule has 1 N–H and O–H groups in total. The highest BCUT2D eigenvalue weighted by molar-refractivity contribution is 5.63. The average molecular weight is 266 g/mol. The van der Waals surface area contributed by atoms with Crippen molar-refractivity contribution >= 4 is 0 Å². The lowest BCUT2D eigenvalue weighted by molar-refractivity contribution is 0.109. The topological polar surface area (TPSA) is 20.2 Å². The third-order valence-corrected chi connectivity index (χ3v) is 4.40. The largest absolute Gasteiger partial charge is 0.393 e. The molecule has 1 heteroatoms. The molecule has 3 rings (SSSR count). The van der Waals surface area contributed by atoms with Gasteiger partial charge in [0.05, 0.1) is 6.10 Å². The molecule has 0 atom stereocenters. The van der Waals surface area contributed by atoms with Crippen molar-refractivity contribution in [1.82, 2.24) is 0 Å². The number of rotatable bonds is 3. The van der Waals surface area contributed by atoms with Crippen LogP contribution in [0.2, 0.25) is 0 Å². The van der Waals surface area contributed by atoms with Gasteiger partial charge < -0.3 is 5.11 Å². The molecule has 0 radical (unpaired) electrons. The van der Waals surface area contributed by atoms with Crippen molar-refractivity contribution in [2.45, 2.75) is 38.2 Å². The van der Waals surface area contributed by atoms with Crippen molar-refractivity contribution in [3.63, 3.8) is 0 Å². The Balaban J connectivity index is 1.65. The van der Waals surface area contributed by atoms with Gasteiger partial charge in [0.1, 0.15) is 0 Å². The maximum atomic E-state index is 9.56. The molecule has 2 aromatic rings. The molecular formula is C19H22O. The first-order chi connectivity index (χ1) is 9.81. The number of aliphatic hydroxyl groups is 1. The molecule has 1 nitrogen and oxygen atoms in total. The molecule has 104 valence electrons. The highest BCUT2D eigenvalue weighted by Crippen LogP contribution is 2.28. The maximum absolute atomic E-state index is 9.56. The molecule has 1 fully saturated rings. The molecule has 0 amide bonds. The minimum absolute atomic E-state index is 0.0493. The first-order valence-electron chi connectivity index (χ1n) is 7.64. The van der Waals surface area contributed by atoms with Crippen LogP contribution in [0.1, 0.15) is 31.2 Å². The monoisotopic (exact) mass is 266 g/mol. The number of aliphatic hydroxyl groups excluding tert-OH is 1. The van der Waals surface area contributed by atoms with E-state index in [0.717, 1.165) is 25.2 Å². The lowest BCUT2D eigenvalue weighted by atomic mass is 9.83. The molecule has 0 unspecified atom stereocenters. The van der Waals surface area contributed by atoms with E-state index < -0.39 is 0 Å². The average Bonchev–Trinajstić information content (AvgIpc) is 2.51. The van der Waals surface area contributed by atoms with Gasteiger partial charge in [0.25, 0.3) is 0 Å². The van der Waals surface area contributed by atoms with E-state index in [2.05, 4.69) is 54.6 Å².